The van der Waals surface area contributed by atoms with Gasteiger partial charge in [-0.15, -0.1) is 0 Å². The fourth-order valence-corrected chi connectivity index (χ4v) is 1.43. The standard InChI is InChI=1S/C8H16N2O3/c1-3-10-4-5-13-6-7(10)8(11)9-12-2/h7H,3-6H2,1-2H3,(H,9,11)/t7-/m0/s1. The van der Waals surface area contributed by atoms with Crippen molar-refractivity contribution < 1.29 is 14.4 Å². The van der Waals surface area contributed by atoms with E-state index in [1.807, 2.05) is 6.92 Å². The summed E-state index contributed by atoms with van der Waals surface area (Å²) in [4.78, 5) is 18.0. The van der Waals surface area contributed by atoms with Crippen LogP contribution in [0.2, 0.25) is 0 Å². The van der Waals surface area contributed by atoms with E-state index in [2.05, 4.69) is 15.2 Å². The number of hydroxylamine groups is 1. The molecule has 1 heterocycles. The molecule has 1 aliphatic heterocycles. The number of carbonyl (C=O) groups excluding carboxylic acids is 1. The van der Waals surface area contributed by atoms with Gasteiger partial charge in [-0.2, -0.15) is 0 Å². The van der Waals surface area contributed by atoms with Crippen LogP contribution in [-0.4, -0.2) is 50.3 Å². The Labute approximate surface area is 77.9 Å². The topological polar surface area (TPSA) is 50.8 Å². The Morgan fingerprint density at radius 3 is 3.15 bits per heavy atom. The zero-order valence-electron chi connectivity index (χ0n) is 8.08. The van der Waals surface area contributed by atoms with Gasteiger partial charge in [0.05, 0.1) is 20.3 Å². The average molecular weight is 188 g/mol. The molecule has 0 aliphatic carbocycles. The molecule has 0 aromatic heterocycles. The predicted molar refractivity (Wildman–Crippen MR) is 47.0 cm³/mol. The third kappa shape index (κ3) is 2.65. The number of likely N-dealkylation sites (N-methyl/N-ethyl adjacent to an activating group) is 1. The first-order valence-electron chi connectivity index (χ1n) is 4.44. The van der Waals surface area contributed by atoms with Crippen molar-refractivity contribution in [3.63, 3.8) is 0 Å². The second-order valence-corrected chi connectivity index (χ2v) is 2.89. The smallest absolute Gasteiger partial charge is 0.263 e. The Bertz CT molecular complexity index is 175. The molecule has 0 bridgehead atoms. The summed E-state index contributed by atoms with van der Waals surface area (Å²) in [6.45, 7) is 4.83. The summed E-state index contributed by atoms with van der Waals surface area (Å²) in [5.74, 6) is -0.135. The highest BCUT2D eigenvalue weighted by atomic mass is 16.6. The lowest BCUT2D eigenvalue weighted by atomic mass is 10.2. The van der Waals surface area contributed by atoms with Crippen molar-refractivity contribution in [1.29, 1.82) is 0 Å². The van der Waals surface area contributed by atoms with Crippen LogP contribution < -0.4 is 5.48 Å². The molecule has 1 atom stereocenters. The zero-order valence-corrected chi connectivity index (χ0v) is 8.08. The van der Waals surface area contributed by atoms with Crippen LogP contribution in [0.15, 0.2) is 0 Å². The highest BCUT2D eigenvalue weighted by Crippen LogP contribution is 2.05. The Morgan fingerprint density at radius 2 is 2.54 bits per heavy atom. The third-order valence-corrected chi connectivity index (χ3v) is 2.15. The molecule has 1 rings (SSSR count). The van der Waals surface area contributed by atoms with Crippen molar-refractivity contribution in [3.8, 4) is 0 Å². The maximum absolute atomic E-state index is 11.4. The summed E-state index contributed by atoms with van der Waals surface area (Å²) in [6, 6.07) is -0.210. The van der Waals surface area contributed by atoms with E-state index in [0.29, 0.717) is 13.2 Å². The summed E-state index contributed by atoms with van der Waals surface area (Å²) in [5.41, 5.74) is 2.32. The molecule has 13 heavy (non-hydrogen) atoms. The van der Waals surface area contributed by atoms with E-state index in [0.717, 1.165) is 13.1 Å². The molecule has 1 saturated heterocycles. The molecule has 0 saturated carbocycles. The first kappa shape index (κ1) is 10.4. The maximum Gasteiger partial charge on any atom is 0.263 e. The first-order valence-corrected chi connectivity index (χ1v) is 4.44. The molecule has 0 unspecified atom stereocenters. The summed E-state index contributed by atoms with van der Waals surface area (Å²) < 4.78 is 5.22. The molecular formula is C8H16N2O3. The molecule has 0 aromatic carbocycles. The predicted octanol–water partition coefficient (Wildman–Crippen LogP) is -0.615. The molecule has 5 nitrogen and oxygen atoms in total. The van der Waals surface area contributed by atoms with Gasteiger partial charge in [-0.1, -0.05) is 6.92 Å². The van der Waals surface area contributed by atoms with Crippen LogP contribution in [-0.2, 0) is 14.4 Å². The van der Waals surface area contributed by atoms with E-state index >= 15 is 0 Å². The van der Waals surface area contributed by atoms with E-state index in [1.165, 1.54) is 7.11 Å². The Balaban J connectivity index is 2.48. The zero-order chi connectivity index (χ0) is 9.68. The number of nitrogens with one attached hydrogen (secondary N) is 1. The highest BCUT2D eigenvalue weighted by Gasteiger charge is 2.27. The molecule has 1 aliphatic rings. The van der Waals surface area contributed by atoms with Gasteiger partial charge in [0.25, 0.3) is 5.91 Å². The molecule has 1 fully saturated rings. The van der Waals surface area contributed by atoms with Crippen molar-refractivity contribution in [2.45, 2.75) is 13.0 Å². The fraction of sp³-hybridized carbons (Fsp3) is 0.875. The average Bonchev–Trinajstić information content (AvgIpc) is 2.18. The minimum atomic E-state index is -0.210. The van der Waals surface area contributed by atoms with E-state index < -0.39 is 0 Å². The summed E-state index contributed by atoms with van der Waals surface area (Å²) in [7, 11) is 1.43. The largest absolute Gasteiger partial charge is 0.378 e. The summed E-state index contributed by atoms with van der Waals surface area (Å²) >= 11 is 0. The highest BCUT2D eigenvalue weighted by molar-refractivity contribution is 5.81. The lowest BCUT2D eigenvalue weighted by Gasteiger charge is -2.33. The van der Waals surface area contributed by atoms with E-state index in [9.17, 15) is 4.79 Å². The monoisotopic (exact) mass is 188 g/mol. The number of nitrogens with zero attached hydrogens (tertiary/aromatic N) is 1. The van der Waals surface area contributed by atoms with Gasteiger partial charge in [0.15, 0.2) is 0 Å². The normalized spacial score (nSPS) is 24.3. The second kappa shape index (κ2) is 5.16. The maximum atomic E-state index is 11.4. The minimum Gasteiger partial charge on any atom is -0.378 e. The lowest BCUT2D eigenvalue weighted by Crippen LogP contribution is -2.53. The number of ether oxygens (including phenoxy) is 1. The van der Waals surface area contributed by atoms with Crippen LogP contribution in [0.1, 0.15) is 6.92 Å². The number of carbonyl (C=O) groups is 1. The van der Waals surface area contributed by atoms with Gasteiger partial charge < -0.3 is 4.74 Å². The van der Waals surface area contributed by atoms with Gasteiger partial charge in [-0.25, -0.2) is 5.48 Å². The van der Waals surface area contributed by atoms with Gasteiger partial charge in [0.2, 0.25) is 0 Å². The van der Waals surface area contributed by atoms with Gasteiger partial charge in [-0.05, 0) is 6.54 Å². The lowest BCUT2D eigenvalue weighted by molar-refractivity contribution is -0.142. The van der Waals surface area contributed by atoms with E-state index in [1.54, 1.807) is 0 Å². The number of hydrogen-bond donors (Lipinski definition) is 1. The Morgan fingerprint density at radius 1 is 1.77 bits per heavy atom. The van der Waals surface area contributed by atoms with Gasteiger partial charge in [0, 0.05) is 6.54 Å². The SMILES string of the molecule is CCN1CCOC[C@H]1C(=O)NOC. The van der Waals surface area contributed by atoms with Gasteiger partial charge in [0.1, 0.15) is 6.04 Å². The van der Waals surface area contributed by atoms with Gasteiger partial charge in [-0.3, -0.25) is 14.5 Å². The van der Waals surface area contributed by atoms with E-state index in [4.69, 9.17) is 4.74 Å². The van der Waals surface area contributed by atoms with Crippen molar-refractivity contribution in [2.24, 2.45) is 0 Å². The van der Waals surface area contributed by atoms with Crippen LogP contribution in [0.4, 0.5) is 0 Å². The second-order valence-electron chi connectivity index (χ2n) is 2.89. The minimum absolute atomic E-state index is 0.135. The summed E-state index contributed by atoms with van der Waals surface area (Å²) in [5, 5.41) is 0. The van der Waals surface area contributed by atoms with E-state index in [-0.39, 0.29) is 11.9 Å². The van der Waals surface area contributed by atoms with Crippen LogP contribution in [0.25, 0.3) is 0 Å². The number of amides is 1. The molecule has 76 valence electrons. The molecule has 1 N–H and O–H groups in total. The molecule has 0 spiro atoms. The molecular weight excluding hydrogens is 172 g/mol. The number of hydrogen-bond acceptors (Lipinski definition) is 4. The summed E-state index contributed by atoms with van der Waals surface area (Å²) in [6.07, 6.45) is 0. The van der Waals surface area contributed by atoms with Crippen LogP contribution in [0, 0.1) is 0 Å². The van der Waals surface area contributed by atoms with Crippen molar-refractivity contribution in [2.75, 3.05) is 33.4 Å². The van der Waals surface area contributed by atoms with Crippen molar-refractivity contribution >= 4 is 5.91 Å². The van der Waals surface area contributed by atoms with Crippen molar-refractivity contribution in [3.05, 3.63) is 0 Å². The number of rotatable bonds is 3. The van der Waals surface area contributed by atoms with Crippen LogP contribution in [0.3, 0.4) is 0 Å². The van der Waals surface area contributed by atoms with Crippen molar-refractivity contribution in [1.82, 2.24) is 10.4 Å². The molecule has 5 heteroatoms. The third-order valence-electron chi connectivity index (χ3n) is 2.15. The molecule has 0 aromatic rings. The first-order chi connectivity index (χ1) is 6.29. The Hall–Kier alpha value is -0.650. The number of morpholine rings is 1. The Kier molecular flexibility index (Phi) is 4.14. The molecule has 1 amide bonds. The van der Waals surface area contributed by atoms with Gasteiger partial charge >= 0.3 is 0 Å². The quantitative estimate of drug-likeness (QED) is 0.600. The fourth-order valence-electron chi connectivity index (χ4n) is 1.43. The van der Waals surface area contributed by atoms with Crippen LogP contribution >= 0.6 is 0 Å². The van der Waals surface area contributed by atoms with Crippen LogP contribution in [0.5, 0.6) is 0 Å². The molecule has 0 radical (unpaired) electrons.